The van der Waals surface area contributed by atoms with Crippen molar-refractivity contribution in [2.24, 2.45) is 5.73 Å². The summed E-state index contributed by atoms with van der Waals surface area (Å²) < 4.78 is 5.32. The van der Waals surface area contributed by atoms with Crippen molar-refractivity contribution in [1.82, 2.24) is 5.32 Å². The Kier molecular flexibility index (Phi) is 5.83. The van der Waals surface area contributed by atoms with Crippen LogP contribution in [0.3, 0.4) is 0 Å². The molecule has 0 radical (unpaired) electrons. The van der Waals surface area contributed by atoms with Gasteiger partial charge in [0.15, 0.2) is 0 Å². The van der Waals surface area contributed by atoms with Gasteiger partial charge < -0.3 is 15.8 Å². The third kappa shape index (κ3) is 4.91. The number of nitrogens with one attached hydrogen (secondary N) is 1. The molecule has 1 amide bonds. The van der Waals surface area contributed by atoms with E-state index in [-0.39, 0.29) is 11.9 Å². The third-order valence-electron chi connectivity index (χ3n) is 2.95. The highest BCUT2D eigenvalue weighted by molar-refractivity contribution is 5.76. The van der Waals surface area contributed by atoms with Gasteiger partial charge in [0.1, 0.15) is 5.75 Å². The second-order valence-electron chi connectivity index (χ2n) is 5.18. The summed E-state index contributed by atoms with van der Waals surface area (Å²) in [7, 11) is 1.64. The quantitative estimate of drug-likeness (QED) is 0.827. The van der Waals surface area contributed by atoms with Gasteiger partial charge in [-0.15, -0.1) is 0 Å². The summed E-state index contributed by atoms with van der Waals surface area (Å²) in [6.45, 7) is 6.56. The Morgan fingerprint density at radius 2 is 2.05 bits per heavy atom. The Labute approximate surface area is 115 Å². The molecule has 1 atom stereocenters. The van der Waals surface area contributed by atoms with Gasteiger partial charge in [0.05, 0.1) is 7.11 Å². The SMILES string of the molecule is COc1ccc(C(C)C)cc1CNC(=O)CC(C)N. The Morgan fingerprint density at radius 3 is 2.58 bits per heavy atom. The highest BCUT2D eigenvalue weighted by Gasteiger charge is 2.09. The molecule has 0 aromatic heterocycles. The lowest BCUT2D eigenvalue weighted by atomic mass is 10.00. The number of carbonyl (C=O) groups is 1. The molecule has 1 rings (SSSR count). The van der Waals surface area contributed by atoms with Crippen molar-refractivity contribution < 1.29 is 9.53 Å². The van der Waals surface area contributed by atoms with E-state index < -0.39 is 0 Å². The van der Waals surface area contributed by atoms with E-state index in [1.807, 2.05) is 13.0 Å². The maximum absolute atomic E-state index is 11.6. The summed E-state index contributed by atoms with van der Waals surface area (Å²) in [5, 5.41) is 2.87. The van der Waals surface area contributed by atoms with E-state index in [2.05, 4.69) is 31.3 Å². The first-order valence-corrected chi connectivity index (χ1v) is 6.63. The molecule has 0 saturated carbocycles. The summed E-state index contributed by atoms with van der Waals surface area (Å²) in [4.78, 5) is 11.6. The number of hydrogen-bond donors (Lipinski definition) is 2. The first-order valence-electron chi connectivity index (χ1n) is 6.63. The average molecular weight is 264 g/mol. The van der Waals surface area contributed by atoms with Gasteiger partial charge in [0, 0.05) is 24.6 Å². The molecule has 0 aliphatic carbocycles. The monoisotopic (exact) mass is 264 g/mol. The molecule has 0 aliphatic heterocycles. The Morgan fingerprint density at radius 1 is 1.37 bits per heavy atom. The van der Waals surface area contributed by atoms with E-state index in [0.717, 1.165) is 11.3 Å². The number of ether oxygens (including phenoxy) is 1. The Bertz CT molecular complexity index is 428. The standard InChI is InChI=1S/C15H24N2O2/c1-10(2)12-5-6-14(19-4)13(8-12)9-17-15(18)7-11(3)16/h5-6,8,10-11H,7,9,16H2,1-4H3,(H,17,18). The molecule has 4 nitrogen and oxygen atoms in total. The van der Waals surface area contributed by atoms with Crippen molar-refractivity contribution in [1.29, 1.82) is 0 Å². The number of hydrogen-bond acceptors (Lipinski definition) is 3. The summed E-state index contributed by atoms with van der Waals surface area (Å²) in [5.41, 5.74) is 7.82. The molecular formula is C15H24N2O2. The molecule has 0 aliphatic rings. The van der Waals surface area contributed by atoms with Crippen LogP contribution in [0.5, 0.6) is 5.75 Å². The van der Waals surface area contributed by atoms with Crippen molar-refractivity contribution in [3.63, 3.8) is 0 Å². The first-order chi connectivity index (χ1) is 8.93. The van der Waals surface area contributed by atoms with E-state index in [1.54, 1.807) is 7.11 Å². The second-order valence-corrected chi connectivity index (χ2v) is 5.18. The summed E-state index contributed by atoms with van der Waals surface area (Å²) >= 11 is 0. The summed E-state index contributed by atoms with van der Waals surface area (Å²) in [6.07, 6.45) is 0.339. The van der Waals surface area contributed by atoms with Crippen molar-refractivity contribution in [2.75, 3.05) is 7.11 Å². The van der Waals surface area contributed by atoms with E-state index in [4.69, 9.17) is 10.5 Å². The highest BCUT2D eigenvalue weighted by atomic mass is 16.5. The maximum Gasteiger partial charge on any atom is 0.221 e. The molecule has 1 aromatic rings. The first kappa shape index (κ1) is 15.5. The number of amides is 1. The average Bonchev–Trinajstić information content (AvgIpc) is 2.35. The van der Waals surface area contributed by atoms with Crippen molar-refractivity contribution >= 4 is 5.91 Å². The predicted molar refractivity (Wildman–Crippen MR) is 77.2 cm³/mol. The molecule has 0 saturated heterocycles. The fraction of sp³-hybridized carbons (Fsp3) is 0.533. The van der Waals surface area contributed by atoms with E-state index in [1.165, 1.54) is 5.56 Å². The molecule has 0 fully saturated rings. The zero-order valence-corrected chi connectivity index (χ0v) is 12.2. The minimum atomic E-state index is -0.121. The lowest BCUT2D eigenvalue weighted by molar-refractivity contribution is -0.121. The van der Waals surface area contributed by atoms with Crippen LogP contribution >= 0.6 is 0 Å². The van der Waals surface area contributed by atoms with Crippen molar-refractivity contribution in [3.05, 3.63) is 29.3 Å². The van der Waals surface area contributed by atoms with Crippen LogP contribution in [-0.4, -0.2) is 19.1 Å². The number of rotatable bonds is 6. The third-order valence-corrected chi connectivity index (χ3v) is 2.95. The minimum absolute atomic E-state index is 0.0352. The van der Waals surface area contributed by atoms with Crippen LogP contribution in [0.15, 0.2) is 18.2 Å². The van der Waals surface area contributed by atoms with Crippen molar-refractivity contribution in [3.8, 4) is 5.75 Å². The van der Waals surface area contributed by atoms with E-state index in [0.29, 0.717) is 18.9 Å². The van der Waals surface area contributed by atoms with Crippen LogP contribution in [0.1, 0.15) is 44.2 Å². The molecule has 3 N–H and O–H groups in total. The van der Waals surface area contributed by atoms with Crippen LogP contribution in [0.2, 0.25) is 0 Å². The van der Waals surface area contributed by atoms with Gasteiger partial charge in [0.25, 0.3) is 0 Å². The molecule has 4 heteroatoms. The zero-order chi connectivity index (χ0) is 14.4. The lowest BCUT2D eigenvalue weighted by Crippen LogP contribution is -2.29. The van der Waals surface area contributed by atoms with Crippen LogP contribution in [0.4, 0.5) is 0 Å². The van der Waals surface area contributed by atoms with Crippen molar-refractivity contribution in [2.45, 2.75) is 45.7 Å². The normalized spacial score (nSPS) is 12.3. The van der Waals surface area contributed by atoms with Gasteiger partial charge in [-0.25, -0.2) is 0 Å². The summed E-state index contributed by atoms with van der Waals surface area (Å²) in [5.74, 6) is 1.21. The second kappa shape index (κ2) is 7.14. The summed E-state index contributed by atoms with van der Waals surface area (Å²) in [6, 6.07) is 5.96. The molecule has 0 heterocycles. The van der Waals surface area contributed by atoms with Crippen LogP contribution in [0, 0.1) is 0 Å². The molecule has 0 spiro atoms. The Balaban J connectivity index is 2.75. The number of benzene rings is 1. The fourth-order valence-corrected chi connectivity index (χ4v) is 1.85. The van der Waals surface area contributed by atoms with Crippen LogP contribution < -0.4 is 15.8 Å². The van der Waals surface area contributed by atoms with Gasteiger partial charge in [-0.2, -0.15) is 0 Å². The van der Waals surface area contributed by atoms with Gasteiger partial charge >= 0.3 is 0 Å². The molecule has 0 bridgehead atoms. The van der Waals surface area contributed by atoms with Crippen LogP contribution in [0.25, 0.3) is 0 Å². The molecule has 19 heavy (non-hydrogen) atoms. The van der Waals surface area contributed by atoms with E-state index in [9.17, 15) is 4.79 Å². The largest absolute Gasteiger partial charge is 0.496 e. The Hall–Kier alpha value is -1.55. The number of nitrogens with two attached hydrogens (primary N) is 1. The van der Waals surface area contributed by atoms with Gasteiger partial charge in [-0.05, 0) is 24.5 Å². The lowest BCUT2D eigenvalue weighted by Gasteiger charge is -2.14. The molecule has 1 aromatic carbocycles. The number of carbonyl (C=O) groups excluding carboxylic acids is 1. The van der Waals surface area contributed by atoms with Gasteiger partial charge in [-0.1, -0.05) is 26.0 Å². The fourth-order valence-electron chi connectivity index (χ4n) is 1.85. The maximum atomic E-state index is 11.6. The minimum Gasteiger partial charge on any atom is -0.496 e. The molecule has 1 unspecified atom stereocenters. The number of methoxy groups -OCH3 is 1. The topological polar surface area (TPSA) is 64.3 Å². The van der Waals surface area contributed by atoms with Gasteiger partial charge in [0.2, 0.25) is 5.91 Å². The highest BCUT2D eigenvalue weighted by Crippen LogP contribution is 2.24. The van der Waals surface area contributed by atoms with E-state index >= 15 is 0 Å². The molecular weight excluding hydrogens is 240 g/mol. The smallest absolute Gasteiger partial charge is 0.221 e. The van der Waals surface area contributed by atoms with Gasteiger partial charge in [-0.3, -0.25) is 4.79 Å². The molecule has 106 valence electrons. The zero-order valence-electron chi connectivity index (χ0n) is 12.2. The predicted octanol–water partition coefficient (Wildman–Crippen LogP) is 2.17. The van der Waals surface area contributed by atoms with Crippen LogP contribution in [-0.2, 0) is 11.3 Å².